The van der Waals surface area contributed by atoms with Gasteiger partial charge in [-0.2, -0.15) is 0 Å². The van der Waals surface area contributed by atoms with Crippen LogP contribution in [-0.4, -0.2) is 4.57 Å². The Morgan fingerprint density at radius 3 is 1.50 bits per heavy atom. The smallest absolute Gasteiger partial charge is 0.0541 e. The summed E-state index contributed by atoms with van der Waals surface area (Å²) in [5, 5.41) is 5.10. The summed E-state index contributed by atoms with van der Waals surface area (Å²) in [6.45, 7) is 0. The van der Waals surface area contributed by atoms with Gasteiger partial charge in [0, 0.05) is 33.5 Å². The highest BCUT2D eigenvalue weighted by atomic mass is 15.1. The van der Waals surface area contributed by atoms with Crippen LogP contribution in [-0.2, 0) is 5.41 Å². The third-order valence-corrected chi connectivity index (χ3v) is 15.3. The second kappa shape index (κ2) is 15.0. The Bertz CT molecular complexity index is 3240. The highest BCUT2D eigenvalue weighted by Gasteiger charge is 2.51. The summed E-state index contributed by atoms with van der Waals surface area (Å²) < 4.78 is 2.39. The first kappa shape index (κ1) is 37.4. The van der Waals surface area contributed by atoms with Crippen LogP contribution in [0.5, 0.6) is 0 Å². The van der Waals surface area contributed by atoms with Gasteiger partial charge in [0.2, 0.25) is 0 Å². The van der Waals surface area contributed by atoms with Gasteiger partial charge in [-0.1, -0.05) is 152 Å². The van der Waals surface area contributed by atoms with Crippen LogP contribution in [0.25, 0.3) is 71.6 Å². The summed E-state index contributed by atoms with van der Waals surface area (Å²) in [6.07, 6.45) is 8.52. The zero-order valence-corrected chi connectivity index (χ0v) is 36.1. The fourth-order valence-corrected chi connectivity index (χ4v) is 12.9. The molecule has 4 bridgehead atoms. The summed E-state index contributed by atoms with van der Waals surface area (Å²) in [5.41, 5.74) is 16.4. The van der Waals surface area contributed by atoms with E-state index in [0.717, 1.165) is 29.1 Å². The molecule has 0 amide bonds. The molecule has 0 atom stereocenters. The Morgan fingerprint density at radius 2 is 0.891 bits per heavy atom. The molecule has 9 aromatic carbocycles. The molecule has 2 heteroatoms. The van der Waals surface area contributed by atoms with Gasteiger partial charge >= 0.3 is 0 Å². The lowest BCUT2D eigenvalue weighted by atomic mass is 9.48. The van der Waals surface area contributed by atoms with Crippen molar-refractivity contribution in [1.82, 2.24) is 4.57 Å². The number of para-hydroxylation sites is 2. The van der Waals surface area contributed by atoms with Crippen molar-refractivity contribution >= 4 is 49.6 Å². The second-order valence-electron chi connectivity index (χ2n) is 19.2. The van der Waals surface area contributed by atoms with Gasteiger partial charge < -0.3 is 9.47 Å². The van der Waals surface area contributed by atoms with Gasteiger partial charge in [0.05, 0.1) is 11.0 Å². The van der Waals surface area contributed by atoms with E-state index in [9.17, 15) is 0 Å². The molecule has 308 valence electrons. The minimum atomic E-state index is 0.363. The molecule has 0 radical (unpaired) electrons. The largest absolute Gasteiger partial charge is 0.310 e. The van der Waals surface area contributed by atoms with Crippen molar-refractivity contribution in [2.45, 2.75) is 43.9 Å². The van der Waals surface area contributed by atoms with Gasteiger partial charge in [-0.15, -0.1) is 0 Å². The summed E-state index contributed by atoms with van der Waals surface area (Å²) in [7, 11) is 0. The summed E-state index contributed by atoms with van der Waals surface area (Å²) in [6, 6.07) is 78.9. The topological polar surface area (TPSA) is 8.17 Å². The predicted octanol–water partition coefficient (Wildman–Crippen LogP) is 16.9. The minimum absolute atomic E-state index is 0.363. The van der Waals surface area contributed by atoms with Crippen molar-refractivity contribution in [3.8, 4) is 39.1 Å². The van der Waals surface area contributed by atoms with E-state index in [-0.39, 0.29) is 0 Å². The van der Waals surface area contributed by atoms with Gasteiger partial charge in [-0.25, -0.2) is 0 Å². The number of rotatable bonds is 8. The average Bonchev–Trinajstić information content (AvgIpc) is 3.68. The maximum atomic E-state index is 2.49. The van der Waals surface area contributed by atoms with Gasteiger partial charge in [0.25, 0.3) is 0 Å². The quantitative estimate of drug-likeness (QED) is 0.148. The van der Waals surface area contributed by atoms with Crippen molar-refractivity contribution in [3.63, 3.8) is 0 Å². The van der Waals surface area contributed by atoms with Crippen LogP contribution in [0.15, 0.2) is 212 Å². The van der Waals surface area contributed by atoms with Crippen LogP contribution in [0.4, 0.5) is 17.1 Å². The van der Waals surface area contributed by atoms with Crippen LogP contribution in [0, 0.1) is 17.8 Å². The van der Waals surface area contributed by atoms with Crippen LogP contribution < -0.4 is 4.90 Å². The number of anilines is 3. The highest BCUT2D eigenvalue weighted by Crippen LogP contribution is 2.61. The number of aromatic nitrogens is 1. The lowest BCUT2D eigenvalue weighted by molar-refractivity contribution is -0.00518. The van der Waals surface area contributed by atoms with Crippen molar-refractivity contribution in [3.05, 3.63) is 218 Å². The van der Waals surface area contributed by atoms with Crippen LogP contribution in [0.3, 0.4) is 0 Å². The molecule has 0 N–H and O–H groups in total. The number of benzene rings is 9. The zero-order valence-electron chi connectivity index (χ0n) is 36.1. The summed E-state index contributed by atoms with van der Waals surface area (Å²) in [4.78, 5) is 2.46. The number of hydrogen-bond acceptors (Lipinski definition) is 1. The fraction of sp³-hybridized carbons (Fsp3) is 0.161. The number of hydrogen-bond donors (Lipinski definition) is 0. The molecule has 1 heterocycles. The minimum Gasteiger partial charge on any atom is -0.310 e. The van der Waals surface area contributed by atoms with Crippen molar-refractivity contribution in [2.75, 3.05) is 4.90 Å². The number of fused-ring (bicyclic) bond motifs is 4. The van der Waals surface area contributed by atoms with E-state index in [2.05, 4.69) is 222 Å². The van der Waals surface area contributed by atoms with E-state index >= 15 is 0 Å². The Morgan fingerprint density at radius 1 is 0.391 bits per heavy atom. The molecule has 0 spiro atoms. The Kier molecular flexibility index (Phi) is 8.76. The molecule has 0 aliphatic heterocycles. The molecule has 1 aromatic heterocycles. The molecule has 0 saturated heterocycles. The molecule has 4 aliphatic carbocycles. The van der Waals surface area contributed by atoms with E-state index < -0.39 is 0 Å². The predicted molar refractivity (Wildman–Crippen MR) is 269 cm³/mol. The molecule has 4 saturated carbocycles. The first-order chi connectivity index (χ1) is 31.6. The highest BCUT2D eigenvalue weighted by molar-refractivity contribution is 6.09. The van der Waals surface area contributed by atoms with E-state index in [1.807, 2.05) is 0 Å². The van der Waals surface area contributed by atoms with Crippen LogP contribution >= 0.6 is 0 Å². The standard InChI is InChI=1S/C62H50N2/c1-2-11-46(12-3-1)55-19-9-13-48-14-10-20-56(61(48)55)47-25-31-51(32-26-47)63(52-33-27-50(28-34-52)62-39-42-35-43(40-62)37-44(36-42)41-62)54-16-8-15-49(38-54)45-23-29-53(30-24-45)64-59-21-6-4-17-57(59)58-18-5-7-22-60(58)64/h1-34,38,42-44H,35-37,39-41H2. The van der Waals surface area contributed by atoms with E-state index in [4.69, 9.17) is 0 Å². The Labute approximate surface area is 376 Å². The molecule has 14 rings (SSSR count). The van der Waals surface area contributed by atoms with Gasteiger partial charge in [-0.3, -0.25) is 0 Å². The third-order valence-electron chi connectivity index (χ3n) is 15.3. The van der Waals surface area contributed by atoms with Crippen LogP contribution in [0.2, 0.25) is 0 Å². The second-order valence-corrected chi connectivity index (χ2v) is 19.2. The molecular formula is C62H50N2. The molecular weight excluding hydrogens is 773 g/mol. The van der Waals surface area contributed by atoms with E-state index in [1.54, 1.807) is 5.56 Å². The van der Waals surface area contributed by atoms with Crippen molar-refractivity contribution in [1.29, 1.82) is 0 Å². The normalized spacial score (nSPS) is 20.0. The monoisotopic (exact) mass is 822 g/mol. The lowest BCUT2D eigenvalue weighted by Gasteiger charge is -2.57. The SMILES string of the molecule is c1ccc(-c2cccc3cccc(-c4ccc(N(c5ccc(C67CC8CC(CC(C8)C6)C7)cc5)c5cccc(-c6ccc(-n7c8ccccc8c8ccccc87)cc6)c5)cc4)c23)cc1. The molecule has 4 fully saturated rings. The van der Waals surface area contributed by atoms with Crippen molar-refractivity contribution in [2.24, 2.45) is 17.8 Å². The van der Waals surface area contributed by atoms with Gasteiger partial charge in [0.15, 0.2) is 0 Å². The average molecular weight is 823 g/mol. The van der Waals surface area contributed by atoms with Crippen LogP contribution in [0.1, 0.15) is 44.1 Å². The van der Waals surface area contributed by atoms with Crippen molar-refractivity contribution < 1.29 is 0 Å². The third kappa shape index (κ3) is 6.22. The first-order valence-corrected chi connectivity index (χ1v) is 23.4. The molecule has 0 unspecified atom stereocenters. The maximum absolute atomic E-state index is 2.49. The lowest BCUT2D eigenvalue weighted by Crippen LogP contribution is -2.48. The first-order valence-electron chi connectivity index (χ1n) is 23.4. The summed E-state index contributed by atoms with van der Waals surface area (Å²) in [5.74, 6) is 2.76. The Hall–Kier alpha value is -7.16. The maximum Gasteiger partial charge on any atom is 0.0541 e. The summed E-state index contributed by atoms with van der Waals surface area (Å²) >= 11 is 0. The van der Waals surface area contributed by atoms with Gasteiger partial charge in [-0.05, 0) is 172 Å². The van der Waals surface area contributed by atoms with Gasteiger partial charge in [0.1, 0.15) is 0 Å². The van der Waals surface area contributed by atoms with E-state index in [0.29, 0.717) is 5.41 Å². The fourth-order valence-electron chi connectivity index (χ4n) is 12.9. The zero-order chi connectivity index (χ0) is 42.2. The number of nitrogens with zero attached hydrogens (tertiary/aromatic N) is 2. The Balaban J connectivity index is 0.889. The molecule has 64 heavy (non-hydrogen) atoms. The molecule has 2 nitrogen and oxygen atoms in total. The van der Waals surface area contributed by atoms with E-state index in [1.165, 1.54) is 116 Å². The molecule has 10 aromatic rings. The molecule has 4 aliphatic rings.